The quantitative estimate of drug-likeness (QED) is 0.537. The Labute approximate surface area is 169 Å². The Morgan fingerprint density at radius 1 is 1.07 bits per heavy atom. The maximum atomic E-state index is 12.7. The number of carbonyl (C=O) groups is 4. The Kier molecular flexibility index (Phi) is 5.93. The summed E-state index contributed by atoms with van der Waals surface area (Å²) in [5.41, 5.74) is 1.22. The van der Waals surface area contributed by atoms with Crippen molar-refractivity contribution in [3.8, 4) is 0 Å². The van der Waals surface area contributed by atoms with Crippen LogP contribution >= 0.6 is 35.0 Å². The van der Waals surface area contributed by atoms with Gasteiger partial charge < -0.3 is 4.74 Å². The average Bonchev–Trinajstić information content (AvgIpc) is 2.91. The van der Waals surface area contributed by atoms with E-state index in [0.29, 0.717) is 35.7 Å². The highest BCUT2D eigenvalue weighted by Gasteiger charge is 2.40. The predicted molar refractivity (Wildman–Crippen MR) is 103 cm³/mol. The molecule has 6 nitrogen and oxygen atoms in total. The smallest absolute Gasteiger partial charge is 0.316 e. The topological polar surface area (TPSA) is 80.8 Å². The highest BCUT2D eigenvalue weighted by atomic mass is 35.5. The molecule has 142 valence electrons. The van der Waals surface area contributed by atoms with E-state index in [0.717, 1.165) is 17.7 Å². The molecule has 0 spiro atoms. The number of methoxy groups -OCH3 is 1. The maximum absolute atomic E-state index is 12.7. The molecule has 1 aromatic rings. The van der Waals surface area contributed by atoms with Gasteiger partial charge in [-0.2, -0.15) is 0 Å². The van der Waals surface area contributed by atoms with Gasteiger partial charge in [0.15, 0.2) is 0 Å². The van der Waals surface area contributed by atoms with E-state index in [1.54, 1.807) is 0 Å². The van der Waals surface area contributed by atoms with E-state index in [1.165, 1.54) is 19.2 Å². The van der Waals surface area contributed by atoms with Crippen LogP contribution in [0.2, 0.25) is 10.0 Å². The number of hydrogen-bond acceptors (Lipinski definition) is 6. The molecule has 0 bridgehead atoms. The summed E-state index contributed by atoms with van der Waals surface area (Å²) >= 11 is 13.1. The third kappa shape index (κ3) is 3.77. The van der Waals surface area contributed by atoms with Crippen LogP contribution in [0.25, 0.3) is 0 Å². The third-order valence-corrected chi connectivity index (χ3v) is 5.91. The first-order valence-electron chi connectivity index (χ1n) is 8.19. The second-order valence-corrected chi connectivity index (χ2v) is 7.81. The van der Waals surface area contributed by atoms with E-state index in [2.05, 4.69) is 4.74 Å². The summed E-state index contributed by atoms with van der Waals surface area (Å²) in [5.74, 6) is -1.54. The van der Waals surface area contributed by atoms with Gasteiger partial charge in [0.1, 0.15) is 0 Å². The summed E-state index contributed by atoms with van der Waals surface area (Å²) < 4.78 is 4.50. The van der Waals surface area contributed by atoms with E-state index >= 15 is 0 Å². The number of anilines is 1. The molecule has 27 heavy (non-hydrogen) atoms. The van der Waals surface area contributed by atoms with Gasteiger partial charge in [-0.05, 0) is 37.8 Å². The molecule has 0 N–H and O–H groups in total. The fourth-order valence-corrected chi connectivity index (χ4v) is 4.39. The highest BCUT2D eigenvalue weighted by Crippen LogP contribution is 2.40. The van der Waals surface area contributed by atoms with Crippen molar-refractivity contribution in [3.05, 3.63) is 38.9 Å². The summed E-state index contributed by atoms with van der Waals surface area (Å²) in [6, 6.07) is 2.65. The van der Waals surface area contributed by atoms with Gasteiger partial charge in [0.25, 0.3) is 11.8 Å². The number of esters is 1. The maximum Gasteiger partial charge on any atom is 0.316 e. The van der Waals surface area contributed by atoms with E-state index in [-0.39, 0.29) is 27.0 Å². The van der Waals surface area contributed by atoms with Gasteiger partial charge in [0, 0.05) is 16.7 Å². The number of amides is 2. The van der Waals surface area contributed by atoms with E-state index in [9.17, 15) is 19.2 Å². The first-order chi connectivity index (χ1) is 12.8. The number of benzene rings is 1. The molecule has 0 atom stereocenters. The lowest BCUT2D eigenvalue weighted by Gasteiger charge is -2.18. The normalized spacial score (nSPS) is 16.6. The first kappa shape index (κ1) is 19.9. The van der Waals surface area contributed by atoms with Gasteiger partial charge in [0.05, 0.1) is 28.6 Å². The van der Waals surface area contributed by atoms with E-state index in [1.807, 2.05) is 0 Å². The molecule has 0 fully saturated rings. The molecule has 0 radical (unpaired) electrons. The minimum Gasteiger partial charge on any atom is -0.468 e. The standard InChI is InChI=1S/C18H15Cl2NO5S/c1-26-15(22)8-27-18(25)11-6-14(13(20)7-12(11)19)21-16(23)9-4-2-3-5-10(9)17(21)24/h6-7H,2-5,8H2,1H3. The second-order valence-electron chi connectivity index (χ2n) is 6.05. The number of carbonyl (C=O) groups excluding carboxylic acids is 4. The number of nitrogens with zero attached hydrogens (tertiary/aromatic N) is 1. The largest absolute Gasteiger partial charge is 0.468 e. The molecule has 0 unspecified atom stereocenters. The Morgan fingerprint density at radius 3 is 2.22 bits per heavy atom. The van der Waals surface area contributed by atoms with Crippen molar-refractivity contribution in [3.63, 3.8) is 0 Å². The van der Waals surface area contributed by atoms with Crippen molar-refractivity contribution in [2.75, 3.05) is 17.8 Å². The fraction of sp³-hybridized carbons (Fsp3) is 0.333. The van der Waals surface area contributed by atoms with Crippen molar-refractivity contribution in [2.24, 2.45) is 0 Å². The summed E-state index contributed by atoms with van der Waals surface area (Å²) in [6.07, 6.45) is 2.83. The van der Waals surface area contributed by atoms with Crippen LogP contribution in [0.5, 0.6) is 0 Å². The lowest BCUT2D eigenvalue weighted by atomic mass is 9.93. The number of halogens is 2. The summed E-state index contributed by atoms with van der Waals surface area (Å²) in [6.45, 7) is 0. The van der Waals surface area contributed by atoms with Crippen LogP contribution in [0.4, 0.5) is 5.69 Å². The van der Waals surface area contributed by atoms with E-state index < -0.39 is 22.9 Å². The summed E-state index contributed by atoms with van der Waals surface area (Å²) in [7, 11) is 1.22. The monoisotopic (exact) mass is 427 g/mol. The second kappa shape index (κ2) is 8.04. The molecule has 0 aromatic heterocycles. The summed E-state index contributed by atoms with van der Waals surface area (Å²) in [4.78, 5) is 50.1. The lowest BCUT2D eigenvalue weighted by Crippen LogP contribution is -2.32. The number of rotatable bonds is 4. The fourth-order valence-electron chi connectivity index (χ4n) is 3.08. The lowest BCUT2D eigenvalue weighted by molar-refractivity contribution is -0.137. The number of ether oxygens (including phenoxy) is 1. The molecule has 3 rings (SSSR count). The zero-order chi connectivity index (χ0) is 19.7. The Balaban J connectivity index is 1.93. The van der Waals surface area contributed by atoms with Gasteiger partial charge in [0.2, 0.25) is 5.12 Å². The molecular formula is C18H15Cl2NO5S. The molecule has 1 aromatic carbocycles. The Morgan fingerprint density at radius 2 is 1.67 bits per heavy atom. The number of imide groups is 1. The van der Waals surface area contributed by atoms with Crippen LogP contribution in [0.15, 0.2) is 23.3 Å². The van der Waals surface area contributed by atoms with Crippen LogP contribution < -0.4 is 4.90 Å². The van der Waals surface area contributed by atoms with Gasteiger partial charge in [-0.25, -0.2) is 4.90 Å². The molecular weight excluding hydrogens is 413 g/mol. The van der Waals surface area contributed by atoms with Crippen molar-refractivity contribution in [1.29, 1.82) is 0 Å². The van der Waals surface area contributed by atoms with Crippen LogP contribution in [0.3, 0.4) is 0 Å². The highest BCUT2D eigenvalue weighted by molar-refractivity contribution is 8.14. The van der Waals surface area contributed by atoms with Crippen molar-refractivity contribution in [1.82, 2.24) is 0 Å². The zero-order valence-electron chi connectivity index (χ0n) is 14.3. The van der Waals surface area contributed by atoms with Crippen LogP contribution in [-0.4, -0.2) is 35.8 Å². The van der Waals surface area contributed by atoms with Gasteiger partial charge in [-0.3, -0.25) is 19.2 Å². The van der Waals surface area contributed by atoms with Crippen molar-refractivity contribution >= 4 is 63.6 Å². The number of thioether (sulfide) groups is 1. The number of hydrogen-bond donors (Lipinski definition) is 0. The molecule has 1 heterocycles. The Bertz CT molecular complexity index is 868. The van der Waals surface area contributed by atoms with Crippen LogP contribution in [0, 0.1) is 0 Å². The first-order valence-corrected chi connectivity index (χ1v) is 9.93. The van der Waals surface area contributed by atoms with Crippen LogP contribution in [0.1, 0.15) is 36.0 Å². The van der Waals surface area contributed by atoms with Crippen molar-refractivity contribution < 1.29 is 23.9 Å². The zero-order valence-corrected chi connectivity index (χ0v) is 16.7. The summed E-state index contributed by atoms with van der Waals surface area (Å²) in [5, 5.41) is -0.320. The minimum atomic E-state index is -0.555. The van der Waals surface area contributed by atoms with Gasteiger partial charge in [-0.1, -0.05) is 35.0 Å². The molecule has 0 saturated heterocycles. The average molecular weight is 428 g/mol. The Hall–Kier alpha value is -1.83. The van der Waals surface area contributed by atoms with Gasteiger partial charge >= 0.3 is 5.97 Å². The minimum absolute atomic E-state index is 0.0652. The molecule has 0 saturated carbocycles. The van der Waals surface area contributed by atoms with Crippen LogP contribution in [-0.2, 0) is 19.1 Å². The molecule has 2 aliphatic rings. The van der Waals surface area contributed by atoms with Crippen molar-refractivity contribution in [2.45, 2.75) is 25.7 Å². The molecule has 1 aliphatic heterocycles. The molecule has 1 aliphatic carbocycles. The van der Waals surface area contributed by atoms with E-state index in [4.69, 9.17) is 23.2 Å². The third-order valence-electron chi connectivity index (χ3n) is 4.44. The predicted octanol–water partition coefficient (Wildman–Crippen LogP) is 3.78. The molecule has 2 amide bonds. The van der Waals surface area contributed by atoms with Gasteiger partial charge in [-0.15, -0.1) is 0 Å². The molecule has 9 heteroatoms. The SMILES string of the molecule is COC(=O)CSC(=O)c1cc(N2C(=O)C3=C(CCCC3)C2=O)c(Cl)cc1Cl.